The number of benzene rings is 2. The molecule has 0 aliphatic carbocycles. The van der Waals surface area contributed by atoms with Crippen molar-refractivity contribution in [2.75, 3.05) is 5.32 Å². The first-order chi connectivity index (χ1) is 10.6. The summed E-state index contributed by atoms with van der Waals surface area (Å²) in [7, 11) is 0. The average molecular weight is 333 g/mol. The first kappa shape index (κ1) is 14.7. The molecule has 0 bridgehead atoms. The van der Waals surface area contributed by atoms with Gasteiger partial charge in [0.25, 0.3) is 0 Å². The number of thiazole rings is 1. The number of nitrogens with zero attached hydrogens (tertiary/aromatic N) is 1. The summed E-state index contributed by atoms with van der Waals surface area (Å²) in [5.41, 5.74) is 1.48. The highest BCUT2D eigenvalue weighted by atomic mass is 35.5. The van der Waals surface area contributed by atoms with Crippen LogP contribution in [-0.4, -0.2) is 10.9 Å². The molecule has 3 rings (SSSR count). The van der Waals surface area contributed by atoms with E-state index < -0.39 is 0 Å². The van der Waals surface area contributed by atoms with Crippen LogP contribution in [0.2, 0.25) is 5.02 Å². The van der Waals surface area contributed by atoms with Gasteiger partial charge < -0.3 is 0 Å². The van der Waals surface area contributed by atoms with Gasteiger partial charge in [0.2, 0.25) is 5.91 Å². The van der Waals surface area contributed by atoms with E-state index in [1.807, 2.05) is 12.1 Å². The summed E-state index contributed by atoms with van der Waals surface area (Å²) >= 11 is 7.10. The fraction of sp³-hybridized carbons (Fsp3) is 0. The van der Waals surface area contributed by atoms with Crippen LogP contribution in [0.15, 0.2) is 48.5 Å². The van der Waals surface area contributed by atoms with E-state index >= 15 is 0 Å². The minimum Gasteiger partial charge on any atom is -0.298 e. The Kier molecular flexibility index (Phi) is 4.18. The molecular weight excluding hydrogens is 323 g/mol. The third kappa shape index (κ3) is 3.50. The topological polar surface area (TPSA) is 42.0 Å². The summed E-state index contributed by atoms with van der Waals surface area (Å²) in [5, 5.41) is 3.70. The highest BCUT2D eigenvalue weighted by molar-refractivity contribution is 7.22. The van der Waals surface area contributed by atoms with Gasteiger partial charge in [0, 0.05) is 11.1 Å². The number of hydrogen-bond acceptors (Lipinski definition) is 3. The van der Waals surface area contributed by atoms with Crippen LogP contribution in [0.3, 0.4) is 0 Å². The lowest BCUT2D eigenvalue weighted by Crippen LogP contribution is -2.07. The lowest BCUT2D eigenvalue weighted by Gasteiger charge is -1.96. The predicted octanol–water partition coefficient (Wildman–Crippen LogP) is 4.74. The first-order valence-electron chi connectivity index (χ1n) is 6.41. The van der Waals surface area contributed by atoms with Gasteiger partial charge >= 0.3 is 0 Å². The molecule has 6 heteroatoms. The summed E-state index contributed by atoms with van der Waals surface area (Å²) in [5.74, 6) is -0.630. The molecule has 0 saturated carbocycles. The molecule has 0 unspecified atom stereocenters. The van der Waals surface area contributed by atoms with Crippen molar-refractivity contribution < 1.29 is 9.18 Å². The third-order valence-electron chi connectivity index (χ3n) is 2.86. The highest BCUT2D eigenvalue weighted by Gasteiger charge is 2.06. The number of nitrogens with one attached hydrogen (secondary N) is 1. The quantitative estimate of drug-likeness (QED) is 0.704. The Labute approximate surface area is 135 Å². The molecule has 1 amide bonds. The van der Waals surface area contributed by atoms with E-state index in [4.69, 9.17) is 11.6 Å². The van der Waals surface area contributed by atoms with Gasteiger partial charge in [-0.25, -0.2) is 9.37 Å². The molecule has 1 N–H and O–H groups in total. The summed E-state index contributed by atoms with van der Waals surface area (Å²) in [6.07, 6.45) is 3.06. The van der Waals surface area contributed by atoms with Gasteiger partial charge in [0.1, 0.15) is 5.82 Å². The van der Waals surface area contributed by atoms with Crippen LogP contribution in [0.25, 0.3) is 16.3 Å². The van der Waals surface area contributed by atoms with Gasteiger partial charge in [0.15, 0.2) is 5.13 Å². The Hall–Kier alpha value is -2.24. The fourth-order valence-corrected chi connectivity index (χ4v) is 2.97. The largest absolute Gasteiger partial charge is 0.298 e. The summed E-state index contributed by atoms with van der Waals surface area (Å²) in [6.45, 7) is 0. The standard InChI is InChI=1S/C16H10ClFN2OS/c17-11-3-1-2-10(8-11)4-7-15(21)20-16-19-13-6-5-12(18)9-14(13)22-16/h1-9H,(H,19,20,21)/b7-4+. The summed E-state index contributed by atoms with van der Waals surface area (Å²) < 4.78 is 13.8. The predicted molar refractivity (Wildman–Crippen MR) is 88.7 cm³/mol. The lowest BCUT2D eigenvalue weighted by atomic mass is 10.2. The van der Waals surface area contributed by atoms with E-state index in [2.05, 4.69) is 10.3 Å². The maximum Gasteiger partial charge on any atom is 0.250 e. The van der Waals surface area contributed by atoms with Crippen molar-refractivity contribution in [3.8, 4) is 0 Å². The Balaban J connectivity index is 1.72. The number of anilines is 1. The average Bonchev–Trinajstić information content (AvgIpc) is 2.86. The Morgan fingerprint density at radius 2 is 2.14 bits per heavy atom. The van der Waals surface area contributed by atoms with Crippen LogP contribution in [0.4, 0.5) is 9.52 Å². The molecule has 0 aliphatic heterocycles. The number of rotatable bonds is 3. The second-order valence-corrected chi connectivity index (χ2v) is 5.98. The monoisotopic (exact) mass is 332 g/mol. The molecule has 0 saturated heterocycles. The van der Waals surface area contributed by atoms with Crippen LogP contribution in [0.1, 0.15) is 5.56 Å². The molecule has 1 aromatic heterocycles. The van der Waals surface area contributed by atoms with Gasteiger partial charge in [-0.1, -0.05) is 35.1 Å². The van der Waals surface area contributed by atoms with E-state index in [0.717, 1.165) is 5.56 Å². The van der Waals surface area contributed by atoms with Crippen LogP contribution >= 0.6 is 22.9 Å². The van der Waals surface area contributed by atoms with Crippen LogP contribution < -0.4 is 5.32 Å². The second-order valence-electron chi connectivity index (χ2n) is 4.51. The van der Waals surface area contributed by atoms with E-state index in [0.29, 0.717) is 20.4 Å². The van der Waals surface area contributed by atoms with E-state index in [1.165, 1.54) is 29.5 Å². The number of aromatic nitrogens is 1. The van der Waals surface area contributed by atoms with E-state index in [-0.39, 0.29) is 11.7 Å². The molecule has 0 spiro atoms. The molecule has 1 heterocycles. The molecule has 3 nitrogen and oxygen atoms in total. The Morgan fingerprint density at radius 1 is 1.27 bits per heavy atom. The van der Waals surface area contributed by atoms with Crippen molar-refractivity contribution in [2.45, 2.75) is 0 Å². The normalized spacial score (nSPS) is 11.2. The zero-order chi connectivity index (χ0) is 15.5. The van der Waals surface area contributed by atoms with Crippen molar-refractivity contribution in [2.24, 2.45) is 0 Å². The number of carbonyl (C=O) groups excluding carboxylic acids is 1. The molecule has 3 aromatic rings. The van der Waals surface area contributed by atoms with Crippen molar-refractivity contribution in [1.29, 1.82) is 0 Å². The van der Waals surface area contributed by atoms with Crippen molar-refractivity contribution in [1.82, 2.24) is 4.98 Å². The van der Waals surface area contributed by atoms with E-state index in [1.54, 1.807) is 24.3 Å². The SMILES string of the molecule is O=C(/C=C/c1cccc(Cl)c1)Nc1nc2ccc(F)cc2s1. The number of amides is 1. The summed E-state index contributed by atoms with van der Waals surface area (Å²) in [4.78, 5) is 16.1. The van der Waals surface area contributed by atoms with Crippen LogP contribution in [-0.2, 0) is 4.79 Å². The lowest BCUT2D eigenvalue weighted by molar-refractivity contribution is -0.111. The molecular formula is C16H10ClFN2OS. The minimum absolute atomic E-state index is 0.306. The molecule has 0 aliphatic rings. The van der Waals surface area contributed by atoms with Gasteiger partial charge in [-0.15, -0.1) is 0 Å². The second kappa shape index (κ2) is 6.25. The van der Waals surface area contributed by atoms with Crippen molar-refractivity contribution in [3.05, 3.63) is 64.9 Å². The van der Waals surface area contributed by atoms with E-state index in [9.17, 15) is 9.18 Å². The third-order valence-corrected chi connectivity index (χ3v) is 4.03. The zero-order valence-electron chi connectivity index (χ0n) is 11.2. The van der Waals surface area contributed by atoms with Gasteiger partial charge in [-0.2, -0.15) is 0 Å². The molecule has 110 valence electrons. The van der Waals surface area contributed by atoms with Gasteiger partial charge in [-0.05, 0) is 42.0 Å². The van der Waals surface area contributed by atoms with Crippen molar-refractivity contribution in [3.63, 3.8) is 0 Å². The van der Waals surface area contributed by atoms with Gasteiger partial charge in [-0.3, -0.25) is 10.1 Å². The number of fused-ring (bicyclic) bond motifs is 1. The van der Waals surface area contributed by atoms with Gasteiger partial charge in [0.05, 0.1) is 10.2 Å². The summed E-state index contributed by atoms with van der Waals surface area (Å²) in [6, 6.07) is 11.5. The molecule has 0 atom stereocenters. The number of hydrogen-bond donors (Lipinski definition) is 1. The number of carbonyl (C=O) groups is 1. The van der Waals surface area contributed by atoms with Crippen LogP contribution in [0.5, 0.6) is 0 Å². The smallest absolute Gasteiger partial charge is 0.250 e. The molecule has 0 radical (unpaired) electrons. The Morgan fingerprint density at radius 3 is 2.95 bits per heavy atom. The van der Waals surface area contributed by atoms with Crippen molar-refractivity contribution >= 4 is 50.3 Å². The Bertz CT molecular complexity index is 875. The number of halogens is 2. The molecule has 22 heavy (non-hydrogen) atoms. The molecule has 2 aromatic carbocycles. The maximum atomic E-state index is 13.1. The highest BCUT2D eigenvalue weighted by Crippen LogP contribution is 2.26. The van der Waals surface area contributed by atoms with Crippen LogP contribution in [0, 0.1) is 5.82 Å². The first-order valence-corrected chi connectivity index (χ1v) is 7.60. The maximum absolute atomic E-state index is 13.1. The molecule has 0 fully saturated rings. The minimum atomic E-state index is -0.324. The zero-order valence-corrected chi connectivity index (χ0v) is 12.8. The fourth-order valence-electron chi connectivity index (χ4n) is 1.88.